The topological polar surface area (TPSA) is 30.9 Å². The first-order valence-electron chi connectivity index (χ1n) is 12.0. The number of hydrogen-bond acceptors (Lipinski definition) is 4. The van der Waals surface area contributed by atoms with Crippen molar-refractivity contribution < 1.29 is 18.3 Å². The van der Waals surface area contributed by atoms with Gasteiger partial charge in [0.1, 0.15) is 5.82 Å². The summed E-state index contributed by atoms with van der Waals surface area (Å²) in [6.45, 7) is 24.3. The van der Waals surface area contributed by atoms with Gasteiger partial charge in [-0.15, -0.1) is 0 Å². The molecule has 2 atom stereocenters. The minimum atomic E-state index is -1.87. The van der Waals surface area contributed by atoms with Gasteiger partial charge in [-0.25, -0.2) is 4.39 Å². The zero-order chi connectivity index (χ0) is 24.2. The number of nitrogens with zero attached hydrogens (tertiary/aromatic N) is 1. The van der Waals surface area contributed by atoms with Gasteiger partial charge in [0.25, 0.3) is 0 Å². The molecular weight excluding hydrogens is 421 g/mol. The van der Waals surface area contributed by atoms with Crippen LogP contribution < -0.4 is 0 Å². The molecule has 0 aliphatic carbocycles. The van der Waals surface area contributed by atoms with Gasteiger partial charge in [0.15, 0.2) is 8.32 Å². The lowest BCUT2D eigenvalue weighted by Gasteiger charge is -2.44. The Bertz CT molecular complexity index is 700. The Morgan fingerprint density at radius 1 is 1.03 bits per heavy atom. The number of morpholine rings is 1. The smallest absolute Gasteiger partial charge is 0.192 e. The van der Waals surface area contributed by atoms with Crippen LogP contribution in [0, 0.1) is 17.2 Å². The highest BCUT2D eigenvalue weighted by Gasteiger charge is 2.39. The molecule has 4 nitrogen and oxygen atoms in total. The van der Waals surface area contributed by atoms with E-state index in [1.807, 2.05) is 12.1 Å². The molecule has 0 aromatic heterocycles. The number of ether oxygens (including phenoxy) is 2. The molecule has 32 heavy (non-hydrogen) atoms. The first kappa shape index (κ1) is 27.5. The molecule has 1 fully saturated rings. The SMILES string of the molecule is CC(C)C(C)(C)COCC1COCC(CO[Si](C)(C)C(C)(C)C)N1Cc1ccc(F)cc1. The number of hydrogen-bond donors (Lipinski definition) is 0. The van der Waals surface area contributed by atoms with Crippen LogP contribution in [-0.4, -0.2) is 58.3 Å². The summed E-state index contributed by atoms with van der Waals surface area (Å²) in [5.41, 5.74) is 1.22. The zero-order valence-electron chi connectivity index (χ0n) is 21.8. The summed E-state index contributed by atoms with van der Waals surface area (Å²) in [4.78, 5) is 2.45. The lowest BCUT2D eigenvalue weighted by molar-refractivity contribution is -0.0982. The van der Waals surface area contributed by atoms with Crippen molar-refractivity contribution in [2.24, 2.45) is 11.3 Å². The highest BCUT2D eigenvalue weighted by molar-refractivity contribution is 6.74. The third-order valence-corrected chi connectivity index (χ3v) is 12.1. The van der Waals surface area contributed by atoms with Gasteiger partial charge in [0.05, 0.1) is 45.1 Å². The third kappa shape index (κ3) is 7.62. The Hall–Kier alpha value is -0.793. The largest absolute Gasteiger partial charge is 0.415 e. The highest BCUT2D eigenvalue weighted by Crippen LogP contribution is 2.37. The molecule has 0 amide bonds. The molecule has 1 saturated heterocycles. The summed E-state index contributed by atoms with van der Waals surface area (Å²) in [5.74, 6) is 0.343. The van der Waals surface area contributed by atoms with Crippen molar-refractivity contribution in [1.82, 2.24) is 4.90 Å². The van der Waals surface area contributed by atoms with E-state index < -0.39 is 8.32 Å². The summed E-state index contributed by atoms with van der Waals surface area (Å²) in [6.07, 6.45) is 0. The van der Waals surface area contributed by atoms with Crippen LogP contribution in [0.25, 0.3) is 0 Å². The summed E-state index contributed by atoms with van der Waals surface area (Å²) >= 11 is 0. The predicted molar refractivity (Wildman–Crippen MR) is 133 cm³/mol. The molecule has 1 aromatic carbocycles. The second-order valence-electron chi connectivity index (χ2n) is 11.9. The van der Waals surface area contributed by atoms with Gasteiger partial charge in [-0.1, -0.05) is 60.6 Å². The second-order valence-corrected chi connectivity index (χ2v) is 16.7. The molecule has 0 N–H and O–H groups in total. The van der Waals surface area contributed by atoms with Crippen LogP contribution in [0.3, 0.4) is 0 Å². The molecule has 1 aromatic rings. The van der Waals surface area contributed by atoms with E-state index in [0.29, 0.717) is 32.3 Å². The molecule has 0 saturated carbocycles. The van der Waals surface area contributed by atoms with E-state index in [0.717, 1.165) is 18.7 Å². The monoisotopic (exact) mass is 467 g/mol. The standard InChI is InChI=1S/C26H46FNO3Si/c1-20(2)26(6,7)19-30-17-23-15-29-16-24(18-31-32(8,9)25(3,4)5)28(23)14-21-10-12-22(27)13-11-21/h10-13,20,23-24H,14-19H2,1-9H3. The van der Waals surface area contributed by atoms with Crippen LogP contribution in [0.5, 0.6) is 0 Å². The van der Waals surface area contributed by atoms with Crippen molar-refractivity contribution >= 4 is 8.32 Å². The fourth-order valence-electron chi connectivity index (χ4n) is 3.32. The van der Waals surface area contributed by atoms with Crippen LogP contribution in [0.1, 0.15) is 54.0 Å². The third-order valence-electron chi connectivity index (χ3n) is 7.63. The minimum Gasteiger partial charge on any atom is -0.415 e. The van der Waals surface area contributed by atoms with E-state index in [-0.39, 0.29) is 28.4 Å². The highest BCUT2D eigenvalue weighted by atomic mass is 28.4. The second kappa shape index (κ2) is 11.1. The van der Waals surface area contributed by atoms with Crippen molar-refractivity contribution in [2.45, 2.75) is 85.2 Å². The molecule has 0 spiro atoms. The van der Waals surface area contributed by atoms with E-state index in [1.165, 1.54) is 12.1 Å². The van der Waals surface area contributed by atoms with E-state index >= 15 is 0 Å². The fraction of sp³-hybridized carbons (Fsp3) is 0.769. The summed E-state index contributed by atoms with van der Waals surface area (Å²) in [5, 5.41) is 0.162. The molecular formula is C26H46FNO3Si. The molecule has 1 aliphatic heterocycles. The quantitative estimate of drug-likeness (QED) is 0.388. The fourth-order valence-corrected chi connectivity index (χ4v) is 4.36. The molecule has 0 radical (unpaired) electrons. The lowest BCUT2D eigenvalue weighted by atomic mass is 9.82. The molecule has 6 heteroatoms. The molecule has 1 aliphatic rings. The maximum atomic E-state index is 13.5. The van der Waals surface area contributed by atoms with Gasteiger partial charge in [0.2, 0.25) is 0 Å². The van der Waals surface area contributed by atoms with Gasteiger partial charge in [-0.05, 0) is 47.2 Å². The Balaban J connectivity index is 2.13. The van der Waals surface area contributed by atoms with E-state index in [2.05, 4.69) is 66.5 Å². The van der Waals surface area contributed by atoms with Crippen LogP contribution in [0.4, 0.5) is 4.39 Å². The Morgan fingerprint density at radius 2 is 1.59 bits per heavy atom. The normalized spacial score (nSPS) is 21.3. The average molecular weight is 468 g/mol. The Kier molecular flexibility index (Phi) is 9.51. The van der Waals surface area contributed by atoms with Gasteiger partial charge < -0.3 is 13.9 Å². The van der Waals surface area contributed by atoms with Crippen molar-refractivity contribution in [2.75, 3.05) is 33.0 Å². The Labute approximate surface area is 196 Å². The van der Waals surface area contributed by atoms with Gasteiger partial charge in [0, 0.05) is 6.54 Å². The minimum absolute atomic E-state index is 0.127. The summed E-state index contributed by atoms with van der Waals surface area (Å²) in [7, 11) is -1.87. The molecule has 2 unspecified atom stereocenters. The molecule has 2 rings (SSSR count). The Morgan fingerprint density at radius 3 is 2.12 bits per heavy atom. The van der Waals surface area contributed by atoms with Gasteiger partial charge in [-0.2, -0.15) is 0 Å². The lowest BCUT2D eigenvalue weighted by Crippen LogP contribution is -2.56. The maximum Gasteiger partial charge on any atom is 0.192 e. The number of rotatable bonds is 10. The zero-order valence-corrected chi connectivity index (χ0v) is 22.8. The maximum absolute atomic E-state index is 13.5. The van der Waals surface area contributed by atoms with Crippen LogP contribution in [0.15, 0.2) is 24.3 Å². The average Bonchev–Trinajstić information content (AvgIpc) is 2.68. The molecule has 184 valence electrons. The van der Waals surface area contributed by atoms with Crippen molar-refractivity contribution in [3.63, 3.8) is 0 Å². The van der Waals surface area contributed by atoms with Crippen LogP contribution in [-0.2, 0) is 20.4 Å². The molecule has 1 heterocycles. The van der Waals surface area contributed by atoms with Gasteiger partial charge in [-0.3, -0.25) is 4.90 Å². The summed E-state index contributed by atoms with van der Waals surface area (Å²) < 4.78 is 32.3. The van der Waals surface area contributed by atoms with Crippen LogP contribution >= 0.6 is 0 Å². The van der Waals surface area contributed by atoms with Crippen molar-refractivity contribution in [1.29, 1.82) is 0 Å². The predicted octanol–water partition coefficient (Wildman–Crippen LogP) is 6.12. The van der Waals surface area contributed by atoms with Crippen molar-refractivity contribution in [3.8, 4) is 0 Å². The van der Waals surface area contributed by atoms with Gasteiger partial charge >= 0.3 is 0 Å². The molecule has 0 bridgehead atoms. The van der Waals surface area contributed by atoms with E-state index in [1.54, 1.807) is 0 Å². The first-order chi connectivity index (χ1) is 14.7. The number of halogens is 1. The van der Waals surface area contributed by atoms with E-state index in [4.69, 9.17) is 13.9 Å². The number of benzene rings is 1. The summed E-state index contributed by atoms with van der Waals surface area (Å²) in [6, 6.07) is 7.10. The van der Waals surface area contributed by atoms with Crippen molar-refractivity contribution in [3.05, 3.63) is 35.6 Å². The first-order valence-corrected chi connectivity index (χ1v) is 14.9. The van der Waals surface area contributed by atoms with E-state index in [9.17, 15) is 4.39 Å². The van der Waals surface area contributed by atoms with Crippen LogP contribution in [0.2, 0.25) is 18.1 Å².